The Bertz CT molecular complexity index is 331. The van der Waals surface area contributed by atoms with Crippen LogP contribution in [0.25, 0.3) is 0 Å². The number of anilines is 2. The van der Waals surface area contributed by atoms with Crippen LogP contribution in [0.2, 0.25) is 0 Å². The molecule has 2 N–H and O–H groups in total. The summed E-state index contributed by atoms with van der Waals surface area (Å²) in [5.74, 6) is 1.18. The Kier molecular flexibility index (Phi) is 4.88. The first-order valence-electron chi connectivity index (χ1n) is 5.22. The number of rotatable bonds is 6. The zero-order valence-electron chi connectivity index (χ0n) is 9.43. The zero-order valence-corrected chi connectivity index (χ0v) is 9.43. The molecule has 0 aliphatic carbocycles. The molecule has 0 amide bonds. The Morgan fingerprint density at radius 3 is 2.56 bits per heavy atom. The van der Waals surface area contributed by atoms with Gasteiger partial charge in [-0.15, -0.1) is 0 Å². The second-order valence-corrected chi connectivity index (χ2v) is 3.32. The molecule has 1 rings (SSSR count). The smallest absolute Gasteiger partial charge is 0.255 e. The van der Waals surface area contributed by atoms with Gasteiger partial charge in [-0.25, -0.2) is 18.7 Å². The summed E-state index contributed by atoms with van der Waals surface area (Å²) in [6.45, 7) is 1.63. The highest BCUT2D eigenvalue weighted by Crippen LogP contribution is 2.21. The van der Waals surface area contributed by atoms with Gasteiger partial charge in [-0.05, 0) is 6.42 Å². The van der Waals surface area contributed by atoms with Gasteiger partial charge in [-0.1, -0.05) is 13.3 Å². The van der Waals surface area contributed by atoms with E-state index >= 15 is 0 Å². The van der Waals surface area contributed by atoms with E-state index in [1.54, 1.807) is 7.05 Å². The Morgan fingerprint density at radius 1 is 1.31 bits per heavy atom. The molecule has 16 heavy (non-hydrogen) atoms. The maximum absolute atomic E-state index is 12.1. The van der Waals surface area contributed by atoms with Gasteiger partial charge in [0.15, 0.2) is 0 Å². The summed E-state index contributed by atoms with van der Waals surface area (Å²) in [6.07, 6.45) is 0.634. The van der Waals surface area contributed by atoms with E-state index in [4.69, 9.17) is 0 Å². The van der Waals surface area contributed by atoms with Crippen molar-refractivity contribution >= 4 is 11.6 Å². The molecular weight excluding hydrogens is 214 g/mol. The summed E-state index contributed by atoms with van der Waals surface area (Å²) < 4.78 is 24.2. The van der Waals surface area contributed by atoms with Crippen LogP contribution in [0.15, 0.2) is 6.33 Å². The second-order valence-electron chi connectivity index (χ2n) is 3.32. The quantitative estimate of drug-likeness (QED) is 0.786. The molecule has 6 heteroatoms. The van der Waals surface area contributed by atoms with Crippen molar-refractivity contribution in [2.24, 2.45) is 0 Å². The van der Waals surface area contributed by atoms with E-state index in [1.807, 2.05) is 6.92 Å². The first kappa shape index (κ1) is 12.6. The third kappa shape index (κ3) is 3.29. The highest BCUT2D eigenvalue weighted by molar-refractivity contribution is 5.57. The molecule has 0 unspecified atom stereocenters. The number of halogens is 2. The lowest BCUT2D eigenvalue weighted by molar-refractivity contribution is 0.163. The van der Waals surface area contributed by atoms with Crippen LogP contribution in [-0.2, 0) is 6.42 Å². The van der Waals surface area contributed by atoms with E-state index < -0.39 is 13.0 Å². The molecule has 4 nitrogen and oxygen atoms in total. The van der Waals surface area contributed by atoms with Crippen LogP contribution in [-0.4, -0.2) is 30.0 Å². The first-order chi connectivity index (χ1) is 7.69. The molecule has 1 aromatic heterocycles. The van der Waals surface area contributed by atoms with Crippen molar-refractivity contribution in [3.05, 3.63) is 11.9 Å². The van der Waals surface area contributed by atoms with Crippen molar-refractivity contribution in [1.82, 2.24) is 9.97 Å². The van der Waals surface area contributed by atoms with E-state index in [0.717, 1.165) is 18.4 Å². The second kappa shape index (κ2) is 6.19. The Labute approximate surface area is 93.5 Å². The number of alkyl halides is 2. The summed E-state index contributed by atoms with van der Waals surface area (Å²) in [6, 6.07) is 0. The molecule has 0 fully saturated rings. The van der Waals surface area contributed by atoms with E-state index in [9.17, 15) is 8.78 Å². The lowest BCUT2D eigenvalue weighted by Gasteiger charge is -2.13. The molecule has 1 heterocycles. The van der Waals surface area contributed by atoms with Crippen LogP contribution >= 0.6 is 0 Å². The minimum Gasteiger partial charge on any atom is -0.373 e. The Hall–Kier alpha value is -1.46. The van der Waals surface area contributed by atoms with E-state index in [1.165, 1.54) is 6.33 Å². The minimum atomic E-state index is -2.39. The number of hydrogen-bond donors (Lipinski definition) is 2. The van der Waals surface area contributed by atoms with Crippen LogP contribution in [0.5, 0.6) is 0 Å². The zero-order chi connectivity index (χ0) is 12.0. The van der Waals surface area contributed by atoms with Crippen LogP contribution in [0.4, 0.5) is 20.4 Å². The standard InChI is InChI=1S/C10H16F2N4/c1-3-4-7-9(13-2)15-6-16-10(7)14-5-8(11)12/h6,8H,3-5H2,1-2H3,(H2,13,14,15,16). The average Bonchev–Trinajstić information content (AvgIpc) is 2.27. The van der Waals surface area contributed by atoms with Crippen LogP contribution in [0.1, 0.15) is 18.9 Å². The predicted molar refractivity (Wildman–Crippen MR) is 60.1 cm³/mol. The summed E-state index contributed by atoms with van der Waals surface area (Å²) >= 11 is 0. The van der Waals surface area contributed by atoms with E-state index in [0.29, 0.717) is 11.6 Å². The summed E-state index contributed by atoms with van der Waals surface area (Å²) in [5.41, 5.74) is 0.855. The lowest BCUT2D eigenvalue weighted by Crippen LogP contribution is -2.14. The molecule has 0 aromatic carbocycles. The topological polar surface area (TPSA) is 49.8 Å². The fraction of sp³-hybridized carbons (Fsp3) is 0.600. The van der Waals surface area contributed by atoms with Gasteiger partial charge < -0.3 is 10.6 Å². The molecule has 0 aliphatic heterocycles. The molecule has 0 bridgehead atoms. The average molecular weight is 230 g/mol. The monoisotopic (exact) mass is 230 g/mol. The van der Waals surface area contributed by atoms with Gasteiger partial charge in [0.2, 0.25) is 0 Å². The maximum atomic E-state index is 12.1. The summed E-state index contributed by atoms with van der Waals surface area (Å²) in [7, 11) is 1.75. The summed E-state index contributed by atoms with van der Waals surface area (Å²) in [4.78, 5) is 8.04. The highest BCUT2D eigenvalue weighted by Gasteiger charge is 2.11. The van der Waals surface area contributed by atoms with Crippen molar-refractivity contribution in [1.29, 1.82) is 0 Å². The molecule has 0 spiro atoms. The van der Waals surface area contributed by atoms with Gasteiger partial charge in [-0.2, -0.15) is 0 Å². The number of aromatic nitrogens is 2. The van der Waals surface area contributed by atoms with Gasteiger partial charge in [0.05, 0.1) is 6.54 Å². The van der Waals surface area contributed by atoms with E-state index in [-0.39, 0.29) is 0 Å². The molecule has 0 radical (unpaired) electrons. The Morgan fingerprint density at radius 2 is 2.00 bits per heavy atom. The number of nitrogens with one attached hydrogen (secondary N) is 2. The largest absolute Gasteiger partial charge is 0.373 e. The number of nitrogens with zero attached hydrogens (tertiary/aromatic N) is 2. The van der Waals surface area contributed by atoms with Gasteiger partial charge in [0.25, 0.3) is 6.43 Å². The van der Waals surface area contributed by atoms with Gasteiger partial charge in [-0.3, -0.25) is 0 Å². The predicted octanol–water partition coefficient (Wildman–Crippen LogP) is 2.15. The normalized spacial score (nSPS) is 10.6. The maximum Gasteiger partial charge on any atom is 0.255 e. The van der Waals surface area contributed by atoms with Gasteiger partial charge in [0, 0.05) is 12.6 Å². The lowest BCUT2D eigenvalue weighted by atomic mass is 10.1. The van der Waals surface area contributed by atoms with Crippen LogP contribution < -0.4 is 10.6 Å². The van der Waals surface area contributed by atoms with Crippen molar-refractivity contribution in [3.8, 4) is 0 Å². The van der Waals surface area contributed by atoms with Crippen LogP contribution in [0.3, 0.4) is 0 Å². The fourth-order valence-electron chi connectivity index (χ4n) is 1.44. The number of hydrogen-bond acceptors (Lipinski definition) is 4. The minimum absolute atomic E-state index is 0.392. The van der Waals surface area contributed by atoms with E-state index in [2.05, 4.69) is 20.6 Å². The molecule has 0 saturated carbocycles. The van der Waals surface area contributed by atoms with Crippen molar-refractivity contribution in [3.63, 3.8) is 0 Å². The van der Waals surface area contributed by atoms with Crippen molar-refractivity contribution in [2.75, 3.05) is 24.2 Å². The molecule has 0 atom stereocenters. The fourth-order valence-corrected chi connectivity index (χ4v) is 1.44. The third-order valence-electron chi connectivity index (χ3n) is 2.11. The van der Waals surface area contributed by atoms with Gasteiger partial charge in [0.1, 0.15) is 18.0 Å². The Balaban J connectivity index is 2.88. The van der Waals surface area contributed by atoms with Crippen molar-refractivity contribution < 1.29 is 8.78 Å². The first-order valence-corrected chi connectivity index (χ1v) is 5.22. The summed E-state index contributed by atoms with van der Waals surface area (Å²) in [5, 5.41) is 5.56. The highest BCUT2D eigenvalue weighted by atomic mass is 19.3. The molecule has 1 aromatic rings. The molecule has 0 saturated heterocycles. The molecule has 0 aliphatic rings. The molecule has 90 valence electrons. The van der Waals surface area contributed by atoms with Crippen LogP contribution in [0, 0.1) is 0 Å². The van der Waals surface area contributed by atoms with Gasteiger partial charge >= 0.3 is 0 Å². The van der Waals surface area contributed by atoms with Crippen molar-refractivity contribution in [2.45, 2.75) is 26.2 Å². The third-order valence-corrected chi connectivity index (χ3v) is 2.11. The SMILES string of the molecule is CCCc1c(NC)ncnc1NCC(F)F. The molecular formula is C10H16F2N4.